The Morgan fingerprint density at radius 2 is 1.65 bits per heavy atom. The maximum atomic E-state index is 13.6. The second-order valence-electron chi connectivity index (χ2n) is 11.8. The van der Waals surface area contributed by atoms with Gasteiger partial charge in [0.1, 0.15) is 17.7 Å². The summed E-state index contributed by atoms with van der Waals surface area (Å²) in [6, 6.07) is 9.18. The molecule has 2 aromatic carbocycles. The quantitative estimate of drug-likeness (QED) is 0.257. The van der Waals surface area contributed by atoms with E-state index in [4.69, 9.17) is 14.5 Å². The van der Waals surface area contributed by atoms with E-state index in [-0.39, 0.29) is 18.5 Å². The molecule has 3 fully saturated rings. The molecule has 8 nitrogen and oxygen atoms in total. The summed E-state index contributed by atoms with van der Waals surface area (Å²) >= 11 is 0. The average molecular weight is 650 g/mol. The molecule has 3 aromatic rings. The molecule has 0 unspecified atom stereocenters. The smallest absolute Gasteiger partial charge is 0.416 e. The number of benzene rings is 2. The van der Waals surface area contributed by atoms with Gasteiger partial charge in [0.2, 0.25) is 0 Å². The summed E-state index contributed by atoms with van der Waals surface area (Å²) in [7, 11) is 1.48. The molecule has 2 saturated heterocycles. The number of aliphatic carboxylic acids is 1. The van der Waals surface area contributed by atoms with Gasteiger partial charge in [-0.25, -0.2) is 9.78 Å². The highest BCUT2D eigenvalue weighted by atomic mass is 19.4. The Kier molecular flexibility index (Phi) is 7.80. The van der Waals surface area contributed by atoms with Gasteiger partial charge in [-0.1, -0.05) is 6.07 Å². The van der Waals surface area contributed by atoms with Crippen LogP contribution in [0.4, 0.5) is 37.0 Å². The van der Waals surface area contributed by atoms with Crippen molar-refractivity contribution >= 4 is 17.9 Å². The number of hydrogen-bond acceptors (Lipinski definition) is 6. The molecular formula is C32H29F6N3O5. The number of carboxylic acid groups (broad SMARTS) is 1. The van der Waals surface area contributed by atoms with Crippen LogP contribution in [0.1, 0.15) is 59.7 Å². The number of cyclic esters (lactones) is 1. The lowest BCUT2D eigenvalue weighted by Crippen LogP contribution is -2.38. The number of alkyl halides is 6. The number of carbonyl (C=O) groups excluding carboxylic acids is 1. The van der Waals surface area contributed by atoms with Gasteiger partial charge in [-0.3, -0.25) is 9.69 Å². The number of amides is 1. The SMILES string of the molecule is COc1ccc([C@H]2C[C@@H]2C(=O)O)cc1-c1ccc(N2CCC2)nc1CN1C(=O)O[C@H](c2cc(C(F)(F)F)cc(C(F)(F)F)c2)[C@@H]1C. The molecule has 2 aliphatic heterocycles. The van der Waals surface area contributed by atoms with Crippen molar-refractivity contribution in [3.05, 3.63) is 76.5 Å². The molecule has 244 valence electrons. The molecule has 4 atom stereocenters. The summed E-state index contributed by atoms with van der Waals surface area (Å²) in [5.41, 5.74) is -1.08. The van der Waals surface area contributed by atoms with Gasteiger partial charge in [-0.2, -0.15) is 26.3 Å². The molecule has 3 heterocycles. The number of nitrogens with zero attached hydrogens (tertiary/aromatic N) is 3. The second kappa shape index (κ2) is 11.4. The maximum Gasteiger partial charge on any atom is 0.416 e. The van der Waals surface area contributed by atoms with E-state index in [0.29, 0.717) is 46.9 Å². The van der Waals surface area contributed by atoms with Crippen LogP contribution in [0.25, 0.3) is 11.1 Å². The van der Waals surface area contributed by atoms with E-state index in [2.05, 4.69) is 0 Å². The topological polar surface area (TPSA) is 92.2 Å². The van der Waals surface area contributed by atoms with Gasteiger partial charge in [-0.05, 0) is 79.3 Å². The van der Waals surface area contributed by atoms with Crippen LogP contribution in [-0.2, 0) is 28.4 Å². The Labute approximate surface area is 259 Å². The first-order chi connectivity index (χ1) is 21.7. The van der Waals surface area contributed by atoms with Gasteiger partial charge < -0.3 is 19.5 Å². The lowest BCUT2D eigenvalue weighted by molar-refractivity contribution is -0.143. The minimum absolute atomic E-state index is 0.0298. The van der Waals surface area contributed by atoms with E-state index in [0.717, 1.165) is 25.1 Å². The van der Waals surface area contributed by atoms with Crippen molar-refractivity contribution in [3.8, 4) is 16.9 Å². The number of methoxy groups -OCH3 is 1. The lowest BCUT2D eigenvalue weighted by atomic mass is 9.96. The van der Waals surface area contributed by atoms with E-state index in [1.165, 1.54) is 18.9 Å². The van der Waals surface area contributed by atoms with Crippen LogP contribution in [0.5, 0.6) is 5.75 Å². The summed E-state index contributed by atoms with van der Waals surface area (Å²) in [5, 5.41) is 9.45. The zero-order chi connectivity index (χ0) is 33.1. The van der Waals surface area contributed by atoms with Crippen molar-refractivity contribution in [3.63, 3.8) is 0 Å². The zero-order valence-corrected chi connectivity index (χ0v) is 24.7. The monoisotopic (exact) mass is 649 g/mol. The molecule has 1 N–H and O–H groups in total. The minimum atomic E-state index is -5.06. The fourth-order valence-electron chi connectivity index (χ4n) is 6.04. The first-order valence-electron chi connectivity index (χ1n) is 14.6. The van der Waals surface area contributed by atoms with Crippen molar-refractivity contribution in [1.29, 1.82) is 0 Å². The van der Waals surface area contributed by atoms with Gasteiger partial charge in [0.25, 0.3) is 0 Å². The molecule has 1 amide bonds. The molecule has 0 bridgehead atoms. The van der Waals surface area contributed by atoms with E-state index in [9.17, 15) is 41.0 Å². The van der Waals surface area contributed by atoms with Gasteiger partial charge >= 0.3 is 24.4 Å². The number of pyridine rings is 1. The van der Waals surface area contributed by atoms with Crippen LogP contribution in [0, 0.1) is 5.92 Å². The first kappa shape index (κ1) is 31.5. The zero-order valence-electron chi connectivity index (χ0n) is 24.7. The highest BCUT2D eigenvalue weighted by molar-refractivity contribution is 5.78. The van der Waals surface area contributed by atoms with Crippen LogP contribution in [-0.4, -0.2) is 53.3 Å². The third-order valence-electron chi connectivity index (χ3n) is 8.84. The number of ether oxygens (including phenoxy) is 2. The molecule has 14 heteroatoms. The van der Waals surface area contributed by atoms with Crippen molar-refractivity contribution < 1.29 is 50.5 Å². The fourth-order valence-corrected chi connectivity index (χ4v) is 6.04. The van der Waals surface area contributed by atoms with Crippen molar-refractivity contribution in [2.45, 2.75) is 56.7 Å². The van der Waals surface area contributed by atoms with Gasteiger partial charge in [-0.15, -0.1) is 0 Å². The summed E-state index contributed by atoms with van der Waals surface area (Å²) < 4.78 is 92.5. The number of hydrogen-bond donors (Lipinski definition) is 1. The highest BCUT2D eigenvalue weighted by Gasteiger charge is 2.45. The minimum Gasteiger partial charge on any atom is -0.496 e. The first-order valence-corrected chi connectivity index (χ1v) is 14.6. The van der Waals surface area contributed by atoms with Crippen LogP contribution in [0.15, 0.2) is 48.5 Å². The summed E-state index contributed by atoms with van der Waals surface area (Å²) in [4.78, 5) is 32.8. The summed E-state index contributed by atoms with van der Waals surface area (Å²) in [6.07, 6.45) is -11.0. The Bertz CT molecular complexity index is 1660. The standard InChI is InChI=1S/C32H29F6N3O5/c1-16-28(18-10-19(31(33,34)35)13-20(11-18)32(36,37)38)46-30(44)41(16)15-25-21(5-7-27(39-25)40-8-3-9-40)23-12-17(4-6-26(23)45-2)22-14-24(22)29(42)43/h4-7,10-13,16,22,24,28H,3,8-9,14-15H2,1-2H3,(H,42,43)/t16-,22+,24-,28-/m0/s1. The summed E-state index contributed by atoms with van der Waals surface area (Å²) in [5.74, 6) is -0.462. The number of rotatable bonds is 8. The van der Waals surface area contributed by atoms with Crippen LogP contribution >= 0.6 is 0 Å². The molecular weight excluding hydrogens is 620 g/mol. The molecule has 6 rings (SSSR count). The Balaban J connectivity index is 1.37. The van der Waals surface area contributed by atoms with Crippen molar-refractivity contribution in [2.75, 3.05) is 25.1 Å². The predicted molar refractivity (Wildman–Crippen MR) is 152 cm³/mol. The lowest BCUT2D eigenvalue weighted by Gasteiger charge is -2.33. The maximum absolute atomic E-state index is 13.6. The second-order valence-corrected chi connectivity index (χ2v) is 11.8. The van der Waals surface area contributed by atoms with Crippen LogP contribution in [0.3, 0.4) is 0 Å². The van der Waals surface area contributed by atoms with E-state index in [1.807, 2.05) is 23.1 Å². The van der Waals surface area contributed by atoms with Gasteiger partial charge in [0, 0.05) is 24.2 Å². The number of carboxylic acids is 1. The summed E-state index contributed by atoms with van der Waals surface area (Å²) in [6.45, 7) is 2.85. The fraction of sp³-hybridized carbons (Fsp3) is 0.406. The normalized spacial score (nSPS) is 22.8. The van der Waals surface area contributed by atoms with E-state index < -0.39 is 59.2 Å². The van der Waals surface area contributed by atoms with Crippen LogP contribution < -0.4 is 9.64 Å². The van der Waals surface area contributed by atoms with E-state index >= 15 is 0 Å². The van der Waals surface area contributed by atoms with E-state index in [1.54, 1.807) is 12.1 Å². The number of halogens is 6. The average Bonchev–Trinajstić information content (AvgIpc) is 3.73. The molecule has 1 aromatic heterocycles. The largest absolute Gasteiger partial charge is 0.496 e. The van der Waals surface area contributed by atoms with Crippen molar-refractivity contribution in [2.24, 2.45) is 5.92 Å². The van der Waals surface area contributed by atoms with Gasteiger partial charge in [0.15, 0.2) is 0 Å². The molecule has 46 heavy (non-hydrogen) atoms. The molecule has 0 spiro atoms. The third kappa shape index (κ3) is 5.92. The Morgan fingerprint density at radius 3 is 2.20 bits per heavy atom. The number of aromatic nitrogens is 1. The van der Waals surface area contributed by atoms with Crippen molar-refractivity contribution in [1.82, 2.24) is 9.88 Å². The number of anilines is 1. The predicted octanol–water partition coefficient (Wildman–Crippen LogP) is 7.28. The molecule has 3 aliphatic rings. The molecule has 1 aliphatic carbocycles. The molecule has 1 saturated carbocycles. The molecule has 0 radical (unpaired) electrons. The number of carbonyl (C=O) groups is 2. The Morgan fingerprint density at radius 1 is 0.978 bits per heavy atom. The third-order valence-corrected chi connectivity index (χ3v) is 8.84. The van der Waals surface area contributed by atoms with Crippen LogP contribution in [0.2, 0.25) is 0 Å². The Hall–Kier alpha value is -4.49. The van der Waals surface area contributed by atoms with Gasteiger partial charge in [0.05, 0.1) is 42.4 Å². The highest BCUT2D eigenvalue weighted by Crippen LogP contribution is 2.49.